The molecule has 0 saturated heterocycles. The monoisotopic (exact) mass is 295 g/mol. The summed E-state index contributed by atoms with van der Waals surface area (Å²) in [5.41, 5.74) is 2.91. The Morgan fingerprint density at radius 2 is 1.80 bits per heavy atom. The maximum atomic E-state index is 13.7. The molecule has 2 rings (SSSR count). The van der Waals surface area contributed by atoms with Crippen LogP contribution in [0.4, 0.5) is 22.0 Å². The summed E-state index contributed by atoms with van der Waals surface area (Å²) in [6, 6.07) is -0.316. The minimum atomic E-state index is -4.95. The molecule has 0 bridgehead atoms. The first-order valence-corrected chi connectivity index (χ1v) is 6.05. The number of aliphatic hydroxyl groups is 1. The standard InChI is InChI=1S/C13H14F5NO/c1-12(20)4-6(5-12)11(19)7-2-10(15)8(3-9(7)14)13(16,17)18/h2-3,6,11,20H,4-5,19H2,1H3/t6-,11-,12-/m1/s1. The molecular weight excluding hydrogens is 281 g/mol. The number of hydrogen-bond acceptors (Lipinski definition) is 2. The number of benzene rings is 1. The Kier molecular flexibility index (Phi) is 3.54. The van der Waals surface area contributed by atoms with Crippen LogP contribution in [-0.2, 0) is 6.18 Å². The normalized spacial score (nSPS) is 28.1. The topological polar surface area (TPSA) is 46.2 Å². The Balaban J connectivity index is 2.28. The molecule has 0 spiro atoms. The molecule has 0 unspecified atom stereocenters. The van der Waals surface area contributed by atoms with Crippen molar-refractivity contribution in [3.8, 4) is 0 Å². The van der Waals surface area contributed by atoms with Gasteiger partial charge in [-0.15, -0.1) is 0 Å². The van der Waals surface area contributed by atoms with Crippen LogP contribution in [0.1, 0.15) is 36.9 Å². The molecule has 0 aliphatic heterocycles. The second kappa shape index (κ2) is 4.66. The molecule has 20 heavy (non-hydrogen) atoms. The van der Waals surface area contributed by atoms with Crippen molar-refractivity contribution >= 4 is 0 Å². The van der Waals surface area contributed by atoms with E-state index in [2.05, 4.69) is 0 Å². The Bertz CT molecular complexity index is 518. The van der Waals surface area contributed by atoms with Gasteiger partial charge in [0.15, 0.2) is 0 Å². The zero-order chi connectivity index (χ0) is 15.3. The molecule has 2 nitrogen and oxygen atoms in total. The van der Waals surface area contributed by atoms with Crippen LogP contribution in [0.2, 0.25) is 0 Å². The van der Waals surface area contributed by atoms with E-state index >= 15 is 0 Å². The van der Waals surface area contributed by atoms with Gasteiger partial charge in [0.1, 0.15) is 11.6 Å². The van der Waals surface area contributed by atoms with Gasteiger partial charge in [-0.3, -0.25) is 0 Å². The summed E-state index contributed by atoms with van der Waals surface area (Å²) in [6.45, 7) is 1.58. The van der Waals surface area contributed by atoms with Crippen LogP contribution < -0.4 is 5.73 Å². The summed E-state index contributed by atoms with van der Waals surface area (Å²) in [5.74, 6) is -3.01. The lowest BCUT2D eigenvalue weighted by atomic mass is 9.67. The van der Waals surface area contributed by atoms with E-state index in [0.29, 0.717) is 18.9 Å². The molecule has 1 atom stereocenters. The molecule has 1 aliphatic carbocycles. The summed E-state index contributed by atoms with van der Waals surface area (Å²) in [7, 11) is 0. The van der Waals surface area contributed by atoms with Crippen LogP contribution in [0.5, 0.6) is 0 Å². The molecule has 1 fully saturated rings. The van der Waals surface area contributed by atoms with Gasteiger partial charge < -0.3 is 10.8 Å². The minimum absolute atomic E-state index is 0.126. The molecule has 0 amide bonds. The van der Waals surface area contributed by atoms with Crippen molar-refractivity contribution in [3.63, 3.8) is 0 Å². The lowest BCUT2D eigenvalue weighted by molar-refractivity contribution is -0.140. The lowest BCUT2D eigenvalue weighted by Gasteiger charge is -2.44. The maximum absolute atomic E-state index is 13.7. The zero-order valence-electron chi connectivity index (χ0n) is 10.6. The first-order valence-electron chi connectivity index (χ1n) is 6.05. The fourth-order valence-corrected chi connectivity index (χ4v) is 2.61. The smallest absolute Gasteiger partial charge is 0.390 e. The van der Waals surface area contributed by atoms with Crippen LogP contribution in [0.25, 0.3) is 0 Å². The minimum Gasteiger partial charge on any atom is -0.390 e. The van der Waals surface area contributed by atoms with Crippen LogP contribution >= 0.6 is 0 Å². The van der Waals surface area contributed by atoms with Crippen molar-refractivity contribution < 1.29 is 27.1 Å². The average molecular weight is 295 g/mol. The van der Waals surface area contributed by atoms with Crippen LogP contribution in [0.3, 0.4) is 0 Å². The number of hydrogen-bond donors (Lipinski definition) is 2. The number of nitrogens with two attached hydrogens (primary N) is 1. The third-order valence-corrected chi connectivity index (χ3v) is 3.66. The Morgan fingerprint density at radius 3 is 2.25 bits per heavy atom. The van der Waals surface area contributed by atoms with Gasteiger partial charge in [-0.2, -0.15) is 13.2 Å². The van der Waals surface area contributed by atoms with Gasteiger partial charge >= 0.3 is 6.18 Å². The van der Waals surface area contributed by atoms with Gasteiger partial charge in [0.2, 0.25) is 0 Å². The molecule has 1 aliphatic rings. The molecule has 0 aromatic heterocycles. The molecule has 112 valence electrons. The predicted molar refractivity (Wildman–Crippen MR) is 61.6 cm³/mol. The molecule has 1 aromatic rings. The van der Waals surface area contributed by atoms with Crippen molar-refractivity contribution in [2.75, 3.05) is 0 Å². The van der Waals surface area contributed by atoms with E-state index < -0.39 is 35.0 Å². The highest BCUT2D eigenvalue weighted by Crippen LogP contribution is 2.44. The first kappa shape index (κ1) is 15.2. The number of halogens is 5. The average Bonchev–Trinajstić information content (AvgIpc) is 2.26. The maximum Gasteiger partial charge on any atom is 0.419 e. The third kappa shape index (κ3) is 2.78. The molecule has 3 N–H and O–H groups in total. The molecule has 1 aromatic carbocycles. The SMILES string of the molecule is C[C@]1(O)C[C@H]([C@@H](N)c2cc(F)c(C(F)(F)F)cc2F)C1. The summed E-state index contributed by atoms with van der Waals surface area (Å²) in [5, 5.41) is 9.58. The van der Waals surface area contributed by atoms with Crippen molar-refractivity contribution in [2.24, 2.45) is 11.7 Å². The summed E-state index contributed by atoms with van der Waals surface area (Å²) >= 11 is 0. The van der Waals surface area contributed by atoms with Gasteiger partial charge in [-0.05, 0) is 37.8 Å². The fourth-order valence-electron chi connectivity index (χ4n) is 2.61. The van der Waals surface area contributed by atoms with Crippen LogP contribution in [0, 0.1) is 17.6 Å². The van der Waals surface area contributed by atoms with E-state index in [-0.39, 0.29) is 17.5 Å². The third-order valence-electron chi connectivity index (χ3n) is 3.66. The summed E-state index contributed by atoms with van der Waals surface area (Å²) < 4.78 is 64.4. The van der Waals surface area contributed by atoms with Gasteiger partial charge in [-0.1, -0.05) is 0 Å². The number of rotatable bonds is 2. The Morgan fingerprint density at radius 1 is 1.25 bits per heavy atom. The predicted octanol–water partition coefficient (Wildman–Crippen LogP) is 3.14. The van der Waals surface area contributed by atoms with Gasteiger partial charge in [0.25, 0.3) is 0 Å². The van der Waals surface area contributed by atoms with Gasteiger partial charge in [0.05, 0.1) is 11.2 Å². The van der Waals surface area contributed by atoms with Crippen LogP contribution in [-0.4, -0.2) is 10.7 Å². The van der Waals surface area contributed by atoms with E-state index in [1.54, 1.807) is 6.92 Å². The second-order valence-electron chi connectivity index (χ2n) is 5.54. The second-order valence-corrected chi connectivity index (χ2v) is 5.54. The Hall–Kier alpha value is -1.21. The van der Waals surface area contributed by atoms with E-state index in [1.807, 2.05) is 0 Å². The largest absolute Gasteiger partial charge is 0.419 e. The zero-order valence-corrected chi connectivity index (χ0v) is 10.6. The van der Waals surface area contributed by atoms with Crippen LogP contribution in [0.15, 0.2) is 12.1 Å². The van der Waals surface area contributed by atoms with Crippen molar-refractivity contribution in [1.82, 2.24) is 0 Å². The van der Waals surface area contributed by atoms with Crippen molar-refractivity contribution in [1.29, 1.82) is 0 Å². The van der Waals surface area contributed by atoms with E-state index in [1.165, 1.54) is 0 Å². The number of alkyl halides is 3. The highest BCUT2D eigenvalue weighted by atomic mass is 19.4. The fraction of sp³-hybridized carbons (Fsp3) is 0.538. The molecule has 0 radical (unpaired) electrons. The van der Waals surface area contributed by atoms with Gasteiger partial charge in [-0.25, -0.2) is 8.78 Å². The van der Waals surface area contributed by atoms with E-state index in [4.69, 9.17) is 5.73 Å². The van der Waals surface area contributed by atoms with Crippen molar-refractivity contribution in [3.05, 3.63) is 34.9 Å². The molecule has 0 heterocycles. The first-order chi connectivity index (χ1) is 9.01. The van der Waals surface area contributed by atoms with Crippen molar-refractivity contribution in [2.45, 2.75) is 37.6 Å². The highest BCUT2D eigenvalue weighted by Gasteiger charge is 2.43. The summed E-state index contributed by atoms with van der Waals surface area (Å²) in [4.78, 5) is 0. The molecule has 7 heteroatoms. The Labute approximate surface area is 112 Å². The lowest BCUT2D eigenvalue weighted by Crippen LogP contribution is -2.45. The molecular formula is C13H14F5NO. The summed E-state index contributed by atoms with van der Waals surface area (Å²) in [6.07, 6.45) is -4.35. The van der Waals surface area contributed by atoms with E-state index in [9.17, 15) is 27.1 Å². The highest BCUT2D eigenvalue weighted by molar-refractivity contribution is 5.31. The quantitative estimate of drug-likeness (QED) is 0.823. The van der Waals surface area contributed by atoms with Gasteiger partial charge in [0, 0.05) is 11.6 Å². The molecule has 1 saturated carbocycles. The van der Waals surface area contributed by atoms with E-state index in [0.717, 1.165) is 0 Å².